The number of aromatic nitrogens is 5. The zero-order chi connectivity index (χ0) is 14.4. The molecule has 0 saturated carbocycles. The Labute approximate surface area is 118 Å². The predicted molar refractivity (Wildman–Crippen MR) is 78.2 cm³/mol. The van der Waals surface area contributed by atoms with Crippen LogP contribution in [0.2, 0.25) is 0 Å². The summed E-state index contributed by atoms with van der Waals surface area (Å²) in [6, 6.07) is 1.83. The highest BCUT2D eigenvalue weighted by Gasteiger charge is 2.07. The maximum Gasteiger partial charge on any atom is 0.257 e. The molecule has 2 N–H and O–H groups in total. The number of rotatable bonds is 7. The third kappa shape index (κ3) is 3.89. The first-order chi connectivity index (χ1) is 9.69. The Morgan fingerprint density at radius 3 is 2.65 bits per heavy atom. The molecule has 0 unspecified atom stereocenters. The van der Waals surface area contributed by atoms with Crippen molar-refractivity contribution in [3.8, 4) is 5.95 Å². The number of hydrogen-bond acceptors (Lipinski definition) is 7. The topological polar surface area (TPSA) is 83.8 Å². The van der Waals surface area contributed by atoms with E-state index in [1.165, 1.54) is 0 Å². The number of hydrogen-bond donors (Lipinski definition) is 2. The Morgan fingerprint density at radius 1 is 1.20 bits per heavy atom. The Kier molecular flexibility index (Phi) is 4.83. The number of nitrogens with one attached hydrogen (secondary N) is 2. The van der Waals surface area contributed by atoms with Crippen LogP contribution >= 0.6 is 0 Å². The van der Waals surface area contributed by atoms with E-state index in [1.54, 1.807) is 24.1 Å². The molecule has 0 aliphatic carbocycles. The molecule has 2 aromatic rings. The lowest BCUT2D eigenvalue weighted by Gasteiger charge is -2.11. The van der Waals surface area contributed by atoms with Gasteiger partial charge in [-0.3, -0.25) is 0 Å². The summed E-state index contributed by atoms with van der Waals surface area (Å²) in [4.78, 5) is 15.0. The monoisotopic (exact) mass is 276 g/mol. The van der Waals surface area contributed by atoms with Gasteiger partial charge in [0.15, 0.2) is 0 Å². The van der Waals surface area contributed by atoms with Gasteiger partial charge < -0.3 is 15.5 Å². The van der Waals surface area contributed by atoms with Gasteiger partial charge in [-0.15, -0.1) is 0 Å². The second-order valence-electron chi connectivity index (χ2n) is 4.57. The van der Waals surface area contributed by atoms with Crippen molar-refractivity contribution in [2.24, 2.45) is 0 Å². The van der Waals surface area contributed by atoms with Crippen LogP contribution in [0.5, 0.6) is 0 Å². The van der Waals surface area contributed by atoms with Gasteiger partial charge in [-0.25, -0.2) is 4.68 Å². The van der Waals surface area contributed by atoms with Gasteiger partial charge in [-0.2, -0.15) is 20.1 Å². The van der Waals surface area contributed by atoms with E-state index < -0.39 is 0 Å². The summed E-state index contributed by atoms with van der Waals surface area (Å²) < 4.78 is 1.60. The summed E-state index contributed by atoms with van der Waals surface area (Å²) in [5.41, 5.74) is 0. The molecule has 0 aliphatic heterocycles. The maximum absolute atomic E-state index is 4.35. The van der Waals surface area contributed by atoms with Gasteiger partial charge in [0.1, 0.15) is 0 Å². The van der Waals surface area contributed by atoms with E-state index in [0.717, 1.165) is 19.5 Å². The van der Waals surface area contributed by atoms with E-state index in [-0.39, 0.29) is 0 Å². The van der Waals surface area contributed by atoms with Gasteiger partial charge in [-0.05, 0) is 33.1 Å². The lowest BCUT2D eigenvalue weighted by atomic mass is 10.4. The number of anilines is 2. The van der Waals surface area contributed by atoms with Crippen LogP contribution in [0.3, 0.4) is 0 Å². The van der Waals surface area contributed by atoms with Crippen LogP contribution in [0.4, 0.5) is 11.9 Å². The third-order valence-corrected chi connectivity index (χ3v) is 2.62. The average Bonchev–Trinajstić information content (AvgIpc) is 2.97. The van der Waals surface area contributed by atoms with Crippen molar-refractivity contribution >= 4 is 11.9 Å². The summed E-state index contributed by atoms with van der Waals surface area (Å²) in [7, 11) is 5.88. The fourth-order valence-electron chi connectivity index (χ4n) is 1.64. The van der Waals surface area contributed by atoms with Crippen LogP contribution in [0.15, 0.2) is 18.5 Å². The first-order valence-corrected chi connectivity index (χ1v) is 6.51. The fraction of sp³-hybridized carbons (Fsp3) is 0.500. The quantitative estimate of drug-likeness (QED) is 0.711. The summed E-state index contributed by atoms with van der Waals surface area (Å²) in [5.74, 6) is 1.55. The molecule has 2 rings (SSSR count). The molecule has 2 aromatic heterocycles. The van der Waals surface area contributed by atoms with Crippen LogP contribution in [-0.4, -0.2) is 63.9 Å². The van der Waals surface area contributed by atoms with E-state index in [9.17, 15) is 0 Å². The molecule has 0 saturated heterocycles. The molecular weight excluding hydrogens is 256 g/mol. The van der Waals surface area contributed by atoms with Crippen molar-refractivity contribution in [1.82, 2.24) is 29.6 Å². The third-order valence-electron chi connectivity index (χ3n) is 2.62. The van der Waals surface area contributed by atoms with E-state index >= 15 is 0 Å². The zero-order valence-electron chi connectivity index (χ0n) is 12.0. The molecule has 2 heterocycles. The molecule has 0 bridgehead atoms. The highest BCUT2D eigenvalue weighted by molar-refractivity contribution is 5.37. The highest BCUT2D eigenvalue weighted by Crippen LogP contribution is 2.08. The van der Waals surface area contributed by atoms with Gasteiger partial charge in [0.25, 0.3) is 5.95 Å². The largest absolute Gasteiger partial charge is 0.357 e. The molecule has 0 radical (unpaired) electrons. The molecule has 8 heteroatoms. The lowest BCUT2D eigenvalue weighted by Crippen LogP contribution is -2.18. The molecule has 0 aliphatic rings. The zero-order valence-corrected chi connectivity index (χ0v) is 12.0. The minimum atomic E-state index is 0.490. The van der Waals surface area contributed by atoms with E-state index in [2.05, 4.69) is 49.7 Å². The second-order valence-corrected chi connectivity index (χ2v) is 4.57. The van der Waals surface area contributed by atoms with Crippen molar-refractivity contribution < 1.29 is 0 Å². The first kappa shape index (κ1) is 14.2. The Bertz CT molecular complexity index is 522. The Morgan fingerprint density at radius 2 is 2.00 bits per heavy atom. The molecule has 0 spiro atoms. The Balaban J connectivity index is 2.06. The van der Waals surface area contributed by atoms with Gasteiger partial charge in [0.05, 0.1) is 0 Å². The molecular formula is C12H20N8. The van der Waals surface area contributed by atoms with Crippen LogP contribution < -0.4 is 10.6 Å². The van der Waals surface area contributed by atoms with Crippen LogP contribution in [0, 0.1) is 0 Å². The van der Waals surface area contributed by atoms with E-state index in [4.69, 9.17) is 0 Å². The Hall–Kier alpha value is -2.22. The molecule has 20 heavy (non-hydrogen) atoms. The van der Waals surface area contributed by atoms with Crippen molar-refractivity contribution in [2.75, 3.05) is 44.9 Å². The predicted octanol–water partition coefficient (Wildman–Crippen LogP) is 0.463. The standard InChI is InChI=1S/C12H20N8/c1-13-10-16-11(14-6-4-8-19(2)3)18-12(17-10)20-9-5-7-15-20/h5,7,9H,4,6,8H2,1-3H3,(H2,13,14,16,17,18). The second kappa shape index (κ2) is 6.80. The van der Waals surface area contributed by atoms with Crippen LogP contribution in [0.25, 0.3) is 5.95 Å². The SMILES string of the molecule is CNc1nc(NCCCN(C)C)nc(-n2cccn2)n1. The number of nitrogens with zero attached hydrogens (tertiary/aromatic N) is 6. The first-order valence-electron chi connectivity index (χ1n) is 6.51. The van der Waals surface area contributed by atoms with Gasteiger partial charge in [0.2, 0.25) is 11.9 Å². The summed E-state index contributed by atoms with van der Waals surface area (Å²) in [6.07, 6.45) is 4.50. The normalized spacial score (nSPS) is 10.8. The van der Waals surface area contributed by atoms with Gasteiger partial charge in [-0.1, -0.05) is 0 Å². The minimum absolute atomic E-state index is 0.490. The van der Waals surface area contributed by atoms with Crippen molar-refractivity contribution in [2.45, 2.75) is 6.42 Å². The van der Waals surface area contributed by atoms with Crippen molar-refractivity contribution in [3.63, 3.8) is 0 Å². The van der Waals surface area contributed by atoms with Gasteiger partial charge in [0, 0.05) is 26.0 Å². The van der Waals surface area contributed by atoms with Gasteiger partial charge >= 0.3 is 0 Å². The van der Waals surface area contributed by atoms with Crippen LogP contribution in [0.1, 0.15) is 6.42 Å². The summed E-state index contributed by atoms with van der Waals surface area (Å²) in [5, 5.41) is 10.3. The molecule has 8 nitrogen and oxygen atoms in total. The average molecular weight is 276 g/mol. The van der Waals surface area contributed by atoms with E-state index in [1.807, 2.05) is 6.07 Å². The lowest BCUT2D eigenvalue weighted by molar-refractivity contribution is 0.405. The highest BCUT2D eigenvalue weighted by atomic mass is 15.4. The van der Waals surface area contributed by atoms with Crippen molar-refractivity contribution in [1.29, 1.82) is 0 Å². The van der Waals surface area contributed by atoms with Crippen molar-refractivity contribution in [3.05, 3.63) is 18.5 Å². The maximum atomic E-state index is 4.35. The van der Waals surface area contributed by atoms with E-state index in [0.29, 0.717) is 17.8 Å². The fourth-order valence-corrected chi connectivity index (χ4v) is 1.64. The summed E-state index contributed by atoms with van der Waals surface area (Å²) in [6.45, 7) is 1.83. The summed E-state index contributed by atoms with van der Waals surface area (Å²) >= 11 is 0. The molecule has 0 fully saturated rings. The molecule has 108 valence electrons. The molecule has 0 aromatic carbocycles. The molecule has 0 atom stereocenters. The smallest absolute Gasteiger partial charge is 0.257 e. The minimum Gasteiger partial charge on any atom is -0.357 e. The van der Waals surface area contributed by atoms with Crippen LogP contribution in [-0.2, 0) is 0 Å². The molecule has 0 amide bonds.